The molecule has 2 aliphatic rings. The first kappa shape index (κ1) is 28.5. The highest BCUT2D eigenvalue weighted by molar-refractivity contribution is 7.92. The third kappa shape index (κ3) is 7.73. The lowest BCUT2D eigenvalue weighted by atomic mass is 10.1. The lowest BCUT2D eigenvalue weighted by Gasteiger charge is -2.28. The van der Waals surface area contributed by atoms with E-state index in [0.29, 0.717) is 6.61 Å². The highest BCUT2D eigenvalue weighted by Crippen LogP contribution is 2.41. The van der Waals surface area contributed by atoms with E-state index in [0.717, 1.165) is 24.8 Å². The molecule has 1 aromatic carbocycles. The first-order valence-electron chi connectivity index (χ1n) is 13.3. The molecule has 1 unspecified atom stereocenters. The van der Waals surface area contributed by atoms with Crippen LogP contribution in [0.15, 0.2) is 29.2 Å². The van der Waals surface area contributed by atoms with E-state index in [-0.39, 0.29) is 4.90 Å². The normalized spacial score (nSPS) is 26.7. The van der Waals surface area contributed by atoms with Crippen molar-refractivity contribution in [1.29, 1.82) is 0 Å². The van der Waals surface area contributed by atoms with Crippen LogP contribution < -0.4 is 0 Å². The molecule has 5 atom stereocenters. The molecular weight excluding hydrogens is 468 g/mol. The Hall–Kier alpha value is -1.03. The van der Waals surface area contributed by atoms with Gasteiger partial charge in [0.2, 0.25) is 9.84 Å². The topological polar surface area (TPSA) is 91.3 Å². The Kier molecular flexibility index (Phi) is 10.6. The molecule has 0 radical (unpaired) electrons. The van der Waals surface area contributed by atoms with Gasteiger partial charge < -0.3 is 24.1 Å². The van der Waals surface area contributed by atoms with E-state index in [4.69, 9.17) is 18.9 Å². The van der Waals surface area contributed by atoms with Crippen LogP contribution in [0.5, 0.6) is 0 Å². The zero-order valence-corrected chi connectivity index (χ0v) is 22.6. The van der Waals surface area contributed by atoms with Crippen molar-refractivity contribution in [2.24, 2.45) is 0 Å². The Morgan fingerprint density at radius 1 is 0.914 bits per heavy atom. The number of rotatable bonds is 15. The van der Waals surface area contributed by atoms with Gasteiger partial charge in [0.15, 0.2) is 17.5 Å². The number of aliphatic hydroxyl groups excluding tert-OH is 1. The van der Waals surface area contributed by atoms with Crippen LogP contribution >= 0.6 is 0 Å². The molecule has 200 valence electrons. The molecule has 2 aliphatic heterocycles. The highest BCUT2D eigenvalue weighted by Gasteiger charge is 2.59. The van der Waals surface area contributed by atoms with Gasteiger partial charge in [0, 0.05) is 6.61 Å². The van der Waals surface area contributed by atoms with Crippen molar-refractivity contribution in [1.82, 2.24) is 0 Å². The van der Waals surface area contributed by atoms with E-state index in [1.54, 1.807) is 38.1 Å². The number of sulfone groups is 1. The molecule has 0 amide bonds. The summed E-state index contributed by atoms with van der Waals surface area (Å²) in [5.74, 6) is -0.937. The largest absolute Gasteiger partial charge is 0.366 e. The fourth-order valence-electron chi connectivity index (χ4n) is 4.84. The van der Waals surface area contributed by atoms with E-state index < -0.39 is 45.7 Å². The van der Waals surface area contributed by atoms with Crippen molar-refractivity contribution >= 4 is 9.84 Å². The van der Waals surface area contributed by atoms with Crippen molar-refractivity contribution in [2.45, 2.75) is 133 Å². The zero-order valence-electron chi connectivity index (χ0n) is 21.8. The number of aliphatic hydroxyl groups is 1. The molecule has 0 bridgehead atoms. The SMILES string of the molecule is CCCCCCCCCCCCOC([C@H]1O[C@H](O)[C@H]2OC(C)(C)O[C@H]21)S(=O)(=O)c1ccc(C)cc1. The number of hydrogen-bond acceptors (Lipinski definition) is 7. The molecular formula is C27H44O7S. The predicted molar refractivity (Wildman–Crippen MR) is 135 cm³/mol. The average molecular weight is 513 g/mol. The minimum atomic E-state index is -3.91. The molecule has 2 saturated heterocycles. The molecule has 0 saturated carbocycles. The summed E-state index contributed by atoms with van der Waals surface area (Å²) in [5, 5.41) is 10.4. The second-order valence-corrected chi connectivity index (χ2v) is 12.4. The summed E-state index contributed by atoms with van der Waals surface area (Å²) in [6, 6.07) is 6.69. The van der Waals surface area contributed by atoms with Gasteiger partial charge in [-0.15, -0.1) is 0 Å². The zero-order chi connectivity index (χ0) is 25.5. The maximum absolute atomic E-state index is 13.6. The van der Waals surface area contributed by atoms with Crippen molar-refractivity contribution < 1.29 is 32.5 Å². The molecule has 1 N–H and O–H groups in total. The van der Waals surface area contributed by atoms with Gasteiger partial charge in [0.1, 0.15) is 18.3 Å². The quantitative estimate of drug-likeness (QED) is 0.320. The number of benzene rings is 1. The minimum Gasteiger partial charge on any atom is -0.366 e. The van der Waals surface area contributed by atoms with Gasteiger partial charge in [0.05, 0.1) is 4.90 Å². The summed E-state index contributed by atoms with van der Waals surface area (Å²) in [4.78, 5) is 0.163. The third-order valence-electron chi connectivity index (χ3n) is 6.77. The average Bonchev–Trinajstić information content (AvgIpc) is 3.28. The molecule has 7 nitrogen and oxygen atoms in total. The lowest BCUT2D eigenvalue weighted by Crippen LogP contribution is -2.44. The van der Waals surface area contributed by atoms with Gasteiger partial charge in [-0.1, -0.05) is 82.4 Å². The monoisotopic (exact) mass is 512 g/mol. The summed E-state index contributed by atoms with van der Waals surface area (Å²) in [5.41, 5.74) is -0.334. The molecule has 1 aromatic rings. The molecule has 0 aliphatic carbocycles. The van der Waals surface area contributed by atoms with Crippen LogP contribution in [-0.4, -0.2) is 56.0 Å². The van der Waals surface area contributed by atoms with Gasteiger partial charge in [0.25, 0.3) is 0 Å². The van der Waals surface area contributed by atoms with Gasteiger partial charge in [-0.25, -0.2) is 8.42 Å². The molecule has 2 heterocycles. The van der Waals surface area contributed by atoms with Crippen LogP contribution in [0.3, 0.4) is 0 Å². The first-order valence-corrected chi connectivity index (χ1v) is 14.8. The van der Waals surface area contributed by atoms with Crippen molar-refractivity contribution in [3.8, 4) is 0 Å². The van der Waals surface area contributed by atoms with Crippen LogP contribution in [-0.2, 0) is 28.8 Å². The lowest BCUT2D eigenvalue weighted by molar-refractivity contribution is -0.227. The Labute approximate surface area is 211 Å². The maximum atomic E-state index is 13.6. The summed E-state index contributed by atoms with van der Waals surface area (Å²) in [6.45, 7) is 7.91. The van der Waals surface area contributed by atoms with Gasteiger partial charge >= 0.3 is 0 Å². The summed E-state index contributed by atoms with van der Waals surface area (Å²) < 4.78 is 50.6. The molecule has 0 spiro atoms. The highest BCUT2D eigenvalue weighted by atomic mass is 32.2. The molecule has 0 aromatic heterocycles. The first-order chi connectivity index (χ1) is 16.7. The number of hydrogen-bond donors (Lipinski definition) is 1. The van der Waals surface area contributed by atoms with Crippen molar-refractivity contribution in [2.75, 3.05) is 6.61 Å². The fraction of sp³-hybridized carbons (Fsp3) is 0.778. The van der Waals surface area contributed by atoms with Gasteiger partial charge in [-0.05, 0) is 39.3 Å². The van der Waals surface area contributed by atoms with Crippen LogP contribution in [0.25, 0.3) is 0 Å². The molecule has 8 heteroatoms. The van der Waals surface area contributed by atoms with E-state index in [9.17, 15) is 13.5 Å². The second kappa shape index (κ2) is 13.0. The van der Waals surface area contributed by atoms with Crippen molar-refractivity contribution in [3.05, 3.63) is 29.8 Å². The van der Waals surface area contributed by atoms with E-state index >= 15 is 0 Å². The Morgan fingerprint density at radius 2 is 1.46 bits per heavy atom. The third-order valence-corrected chi connectivity index (χ3v) is 8.71. The second-order valence-electron chi connectivity index (χ2n) is 10.3. The number of fused-ring (bicyclic) bond motifs is 1. The number of ether oxygens (including phenoxy) is 4. The summed E-state index contributed by atoms with van der Waals surface area (Å²) in [6.07, 6.45) is 8.06. The number of unbranched alkanes of at least 4 members (excludes halogenated alkanes) is 9. The number of aryl methyl sites for hydroxylation is 1. The summed E-state index contributed by atoms with van der Waals surface area (Å²) in [7, 11) is -3.91. The predicted octanol–water partition coefficient (Wildman–Crippen LogP) is 5.27. The Balaban J connectivity index is 1.59. The Bertz CT molecular complexity index is 868. The van der Waals surface area contributed by atoms with Crippen molar-refractivity contribution in [3.63, 3.8) is 0 Å². The van der Waals surface area contributed by atoms with E-state index in [1.165, 1.54) is 44.9 Å². The molecule has 35 heavy (non-hydrogen) atoms. The van der Waals surface area contributed by atoms with Gasteiger partial charge in [-0.2, -0.15) is 0 Å². The van der Waals surface area contributed by atoms with Gasteiger partial charge in [-0.3, -0.25) is 0 Å². The Morgan fingerprint density at radius 3 is 2.06 bits per heavy atom. The summed E-state index contributed by atoms with van der Waals surface area (Å²) >= 11 is 0. The van der Waals surface area contributed by atoms with E-state index in [2.05, 4.69) is 6.92 Å². The maximum Gasteiger partial charge on any atom is 0.207 e. The molecule has 3 rings (SSSR count). The van der Waals surface area contributed by atoms with Crippen LogP contribution in [0.4, 0.5) is 0 Å². The van der Waals surface area contributed by atoms with E-state index in [1.807, 2.05) is 6.92 Å². The van der Waals surface area contributed by atoms with Crippen LogP contribution in [0.2, 0.25) is 0 Å². The van der Waals surface area contributed by atoms with Crippen LogP contribution in [0.1, 0.15) is 90.5 Å². The molecule has 2 fully saturated rings. The minimum absolute atomic E-state index is 0.163. The van der Waals surface area contributed by atoms with Crippen LogP contribution in [0, 0.1) is 6.92 Å². The smallest absolute Gasteiger partial charge is 0.207 e. The standard InChI is InChI=1S/C27H44O7S/c1-5-6-7-8-9-10-11-12-13-14-19-31-26(35(29,30)21-17-15-20(2)16-18-21)24-22-23(25(28)32-24)34-27(3,4)33-22/h15-18,22-26,28H,5-14,19H2,1-4H3/t22-,23+,24+,25+,26?/m1/s1. The fourth-order valence-corrected chi connectivity index (χ4v) is 6.47.